The normalized spacial score (nSPS) is 14.8. The average Bonchev–Trinajstić information content (AvgIpc) is 2.80. The molecule has 4 rings (SSSR count). The molecule has 7 nitrogen and oxygen atoms in total. The van der Waals surface area contributed by atoms with E-state index < -0.39 is 0 Å². The molecule has 0 saturated carbocycles. The van der Waals surface area contributed by atoms with E-state index in [2.05, 4.69) is 9.88 Å². The molecule has 1 aromatic heterocycles. The summed E-state index contributed by atoms with van der Waals surface area (Å²) in [6, 6.07) is 12.3. The first-order chi connectivity index (χ1) is 15.5. The van der Waals surface area contributed by atoms with Crippen molar-refractivity contribution < 1.29 is 14.3 Å². The summed E-state index contributed by atoms with van der Waals surface area (Å²) in [6.07, 6.45) is -0.118. The quantitative estimate of drug-likeness (QED) is 0.401. The lowest BCUT2D eigenvalue weighted by Gasteiger charge is -2.26. The molecular formula is C24H26ClN3O4. The van der Waals surface area contributed by atoms with Crippen molar-refractivity contribution in [2.24, 2.45) is 0 Å². The van der Waals surface area contributed by atoms with E-state index in [1.165, 1.54) is 4.57 Å². The van der Waals surface area contributed by atoms with Crippen molar-refractivity contribution in [3.63, 3.8) is 0 Å². The van der Waals surface area contributed by atoms with E-state index in [9.17, 15) is 9.59 Å². The molecule has 0 N–H and O–H groups in total. The highest BCUT2D eigenvalue weighted by molar-refractivity contribution is 6.16. The van der Waals surface area contributed by atoms with Crippen LogP contribution in [0.15, 0.2) is 47.3 Å². The van der Waals surface area contributed by atoms with Crippen LogP contribution < -0.4 is 10.3 Å². The molecule has 0 radical (unpaired) electrons. The van der Waals surface area contributed by atoms with Gasteiger partial charge < -0.3 is 9.47 Å². The van der Waals surface area contributed by atoms with Gasteiger partial charge in [-0.15, -0.1) is 11.6 Å². The number of fused-ring (bicyclic) bond motifs is 1. The number of halogens is 1. The van der Waals surface area contributed by atoms with Crippen LogP contribution in [0.4, 0.5) is 0 Å². The Morgan fingerprint density at radius 3 is 2.66 bits per heavy atom. The van der Waals surface area contributed by atoms with E-state index in [0.29, 0.717) is 53.5 Å². The molecule has 0 spiro atoms. The van der Waals surface area contributed by atoms with E-state index in [4.69, 9.17) is 21.1 Å². The SMILES string of the molecule is CC(C)Oc1ccc(C(=O)CN2CCOCC2)cc1-n1c(CCl)nc2ccccc2c1=O. The highest BCUT2D eigenvalue weighted by atomic mass is 35.5. The van der Waals surface area contributed by atoms with Gasteiger partial charge in [-0.25, -0.2) is 4.98 Å². The monoisotopic (exact) mass is 455 g/mol. The number of morpholine rings is 1. The van der Waals surface area contributed by atoms with Crippen molar-refractivity contribution >= 4 is 28.3 Å². The van der Waals surface area contributed by atoms with Gasteiger partial charge in [0.25, 0.3) is 5.56 Å². The number of hydrogen-bond acceptors (Lipinski definition) is 6. The van der Waals surface area contributed by atoms with Crippen LogP contribution in [0.2, 0.25) is 0 Å². The number of hydrogen-bond donors (Lipinski definition) is 0. The van der Waals surface area contributed by atoms with Crippen LogP contribution in [0.25, 0.3) is 16.6 Å². The van der Waals surface area contributed by atoms with E-state index in [1.54, 1.807) is 36.4 Å². The van der Waals surface area contributed by atoms with Gasteiger partial charge in [0, 0.05) is 18.7 Å². The van der Waals surface area contributed by atoms with Gasteiger partial charge in [-0.1, -0.05) is 12.1 Å². The molecule has 2 heterocycles. The topological polar surface area (TPSA) is 73.7 Å². The van der Waals surface area contributed by atoms with E-state index in [-0.39, 0.29) is 23.3 Å². The lowest BCUT2D eigenvalue weighted by Crippen LogP contribution is -2.39. The van der Waals surface area contributed by atoms with Crippen molar-refractivity contribution in [2.75, 3.05) is 32.8 Å². The Hall–Kier alpha value is -2.74. The minimum atomic E-state index is -0.252. The Bertz CT molecular complexity index is 1190. The van der Waals surface area contributed by atoms with Gasteiger partial charge in [-0.2, -0.15) is 0 Å². The Balaban J connectivity index is 1.83. The second-order valence-corrected chi connectivity index (χ2v) is 8.25. The number of alkyl halides is 1. The zero-order valence-electron chi connectivity index (χ0n) is 18.2. The average molecular weight is 456 g/mol. The molecule has 8 heteroatoms. The fraction of sp³-hybridized carbons (Fsp3) is 0.375. The third kappa shape index (κ3) is 4.70. The second kappa shape index (κ2) is 9.81. The Labute approximate surface area is 191 Å². The molecule has 32 heavy (non-hydrogen) atoms. The number of ether oxygens (including phenoxy) is 2. The summed E-state index contributed by atoms with van der Waals surface area (Å²) in [5.74, 6) is 0.890. The fourth-order valence-electron chi connectivity index (χ4n) is 3.79. The van der Waals surface area contributed by atoms with E-state index in [0.717, 1.165) is 13.1 Å². The maximum absolute atomic E-state index is 13.4. The van der Waals surface area contributed by atoms with Crippen LogP contribution in [0.3, 0.4) is 0 Å². The van der Waals surface area contributed by atoms with Gasteiger partial charge >= 0.3 is 0 Å². The summed E-state index contributed by atoms with van der Waals surface area (Å²) >= 11 is 6.20. The summed E-state index contributed by atoms with van der Waals surface area (Å²) in [5, 5.41) is 0.474. The van der Waals surface area contributed by atoms with Crippen LogP contribution in [-0.4, -0.2) is 59.2 Å². The molecule has 0 atom stereocenters. The molecule has 0 bridgehead atoms. The molecule has 168 valence electrons. The molecular weight excluding hydrogens is 430 g/mol. The number of nitrogens with zero attached hydrogens (tertiary/aromatic N) is 3. The summed E-state index contributed by atoms with van der Waals surface area (Å²) in [4.78, 5) is 33.1. The Morgan fingerprint density at radius 1 is 1.19 bits per heavy atom. The number of carbonyl (C=O) groups excluding carboxylic acids is 1. The molecule has 0 aliphatic carbocycles. The van der Waals surface area contributed by atoms with Gasteiger partial charge in [-0.05, 0) is 44.2 Å². The van der Waals surface area contributed by atoms with E-state index >= 15 is 0 Å². The smallest absolute Gasteiger partial charge is 0.266 e. The van der Waals surface area contributed by atoms with Crippen LogP contribution >= 0.6 is 11.6 Å². The van der Waals surface area contributed by atoms with Gasteiger partial charge in [0.2, 0.25) is 0 Å². The van der Waals surface area contributed by atoms with Crippen LogP contribution in [0.5, 0.6) is 5.75 Å². The summed E-state index contributed by atoms with van der Waals surface area (Å²) < 4.78 is 12.8. The molecule has 2 aromatic carbocycles. The summed E-state index contributed by atoms with van der Waals surface area (Å²) in [7, 11) is 0. The first-order valence-corrected chi connectivity index (χ1v) is 11.2. The summed E-state index contributed by atoms with van der Waals surface area (Å²) in [6.45, 7) is 6.79. The minimum Gasteiger partial charge on any atom is -0.489 e. The van der Waals surface area contributed by atoms with Gasteiger partial charge in [0.1, 0.15) is 11.6 Å². The first-order valence-electron chi connectivity index (χ1n) is 10.7. The Morgan fingerprint density at radius 2 is 1.94 bits per heavy atom. The molecule has 1 aliphatic heterocycles. The zero-order valence-corrected chi connectivity index (χ0v) is 19.0. The fourth-order valence-corrected chi connectivity index (χ4v) is 3.97. The lowest BCUT2D eigenvalue weighted by atomic mass is 10.1. The molecule has 1 fully saturated rings. The lowest BCUT2D eigenvalue weighted by molar-refractivity contribution is 0.0371. The van der Waals surface area contributed by atoms with Crippen LogP contribution in [0, 0.1) is 0 Å². The molecule has 0 unspecified atom stereocenters. The Kier molecular flexibility index (Phi) is 6.89. The maximum atomic E-state index is 13.4. The van der Waals surface area contributed by atoms with Crippen molar-refractivity contribution in [1.29, 1.82) is 0 Å². The number of carbonyl (C=O) groups is 1. The standard InChI is InChI=1S/C24H26ClN3O4/c1-16(2)32-22-8-7-17(21(29)15-27-9-11-31-12-10-27)13-20(22)28-23(14-25)26-19-6-4-3-5-18(19)24(28)30/h3-8,13,16H,9-12,14-15H2,1-2H3. The highest BCUT2D eigenvalue weighted by Crippen LogP contribution is 2.27. The zero-order chi connectivity index (χ0) is 22.7. The largest absolute Gasteiger partial charge is 0.489 e. The molecule has 1 saturated heterocycles. The number of benzene rings is 2. The third-order valence-electron chi connectivity index (χ3n) is 5.32. The predicted molar refractivity (Wildman–Crippen MR) is 124 cm³/mol. The number of Topliss-reactive ketones (excluding diaryl/α,β-unsaturated/α-hetero) is 1. The van der Waals surface area contributed by atoms with Crippen LogP contribution in [0.1, 0.15) is 30.0 Å². The van der Waals surface area contributed by atoms with E-state index in [1.807, 2.05) is 19.9 Å². The number of para-hydroxylation sites is 1. The van der Waals surface area contributed by atoms with Gasteiger partial charge in [-0.3, -0.25) is 19.1 Å². The van der Waals surface area contributed by atoms with Crippen molar-refractivity contribution in [3.05, 3.63) is 64.2 Å². The minimum absolute atomic E-state index is 0.0292. The molecule has 0 amide bonds. The van der Waals surface area contributed by atoms with Gasteiger partial charge in [0.05, 0.1) is 48.3 Å². The van der Waals surface area contributed by atoms with Crippen molar-refractivity contribution in [3.8, 4) is 11.4 Å². The molecule has 1 aliphatic rings. The van der Waals surface area contributed by atoms with Crippen LogP contribution in [-0.2, 0) is 10.6 Å². The predicted octanol–water partition coefficient (Wildman–Crippen LogP) is 3.43. The summed E-state index contributed by atoms with van der Waals surface area (Å²) in [5.41, 5.74) is 1.29. The maximum Gasteiger partial charge on any atom is 0.266 e. The van der Waals surface area contributed by atoms with Gasteiger partial charge in [0.15, 0.2) is 5.78 Å². The second-order valence-electron chi connectivity index (χ2n) is 7.98. The highest BCUT2D eigenvalue weighted by Gasteiger charge is 2.20. The third-order valence-corrected chi connectivity index (χ3v) is 5.56. The first kappa shape index (κ1) is 22.5. The number of ketones is 1. The molecule has 3 aromatic rings. The number of aromatic nitrogens is 2. The number of rotatable bonds is 7. The van der Waals surface area contributed by atoms with Crippen molar-refractivity contribution in [2.45, 2.75) is 25.8 Å². The van der Waals surface area contributed by atoms with Crippen molar-refractivity contribution in [1.82, 2.24) is 14.5 Å².